The first-order chi connectivity index (χ1) is 23.1. The van der Waals surface area contributed by atoms with Gasteiger partial charge in [-0.05, 0) is 60.4 Å². The lowest BCUT2D eigenvalue weighted by Crippen LogP contribution is -2.54. The maximum atomic E-state index is 14.4. The highest BCUT2D eigenvalue weighted by atomic mass is 35.5. The smallest absolute Gasteiger partial charge is 0.244 e. The highest BCUT2D eigenvalue weighted by Crippen LogP contribution is 2.29. The highest BCUT2D eigenvalue weighted by molar-refractivity contribution is 7.92. The lowest BCUT2D eigenvalue weighted by molar-refractivity contribution is -0.140. The lowest BCUT2D eigenvalue weighted by atomic mass is 10.0. The summed E-state index contributed by atoms with van der Waals surface area (Å²) in [4.78, 5) is 29.9. The Bertz CT molecular complexity index is 1760. The number of hydrogen-bond donors (Lipinski definition) is 1. The number of ether oxygens (including phenoxy) is 1. The average molecular weight is 709 g/mol. The first kappa shape index (κ1) is 35.3. The van der Waals surface area contributed by atoms with E-state index < -0.39 is 28.5 Å². The third-order valence-electron chi connectivity index (χ3n) is 8.42. The van der Waals surface area contributed by atoms with E-state index in [4.69, 9.17) is 27.9 Å². The van der Waals surface area contributed by atoms with Crippen molar-refractivity contribution in [2.24, 2.45) is 0 Å². The molecule has 48 heavy (non-hydrogen) atoms. The van der Waals surface area contributed by atoms with E-state index >= 15 is 0 Å². The number of carbonyl (C=O) groups is 2. The molecule has 1 atom stereocenters. The number of amides is 2. The predicted octanol–water partition coefficient (Wildman–Crippen LogP) is 7.04. The van der Waals surface area contributed by atoms with E-state index in [2.05, 4.69) is 5.32 Å². The quantitative estimate of drug-likeness (QED) is 0.152. The molecule has 1 saturated carbocycles. The summed E-state index contributed by atoms with van der Waals surface area (Å²) in [6, 6.07) is 29.7. The van der Waals surface area contributed by atoms with Crippen molar-refractivity contribution < 1.29 is 22.7 Å². The van der Waals surface area contributed by atoms with Crippen LogP contribution < -0.4 is 14.4 Å². The van der Waals surface area contributed by atoms with E-state index in [1.807, 2.05) is 60.7 Å². The molecule has 2 amide bonds. The van der Waals surface area contributed by atoms with Crippen molar-refractivity contribution in [3.63, 3.8) is 0 Å². The number of anilines is 1. The predicted molar refractivity (Wildman–Crippen MR) is 191 cm³/mol. The molecular formula is C37H39Cl2N3O5S. The number of sulfonamides is 1. The Morgan fingerprint density at radius 1 is 0.833 bits per heavy atom. The summed E-state index contributed by atoms with van der Waals surface area (Å²) in [5.41, 5.74) is 2.58. The van der Waals surface area contributed by atoms with Gasteiger partial charge in [-0.3, -0.25) is 13.9 Å². The van der Waals surface area contributed by atoms with Crippen molar-refractivity contribution in [1.82, 2.24) is 10.2 Å². The minimum atomic E-state index is -3.93. The molecule has 4 aromatic rings. The first-order valence-electron chi connectivity index (χ1n) is 15.9. The maximum absolute atomic E-state index is 14.4. The van der Waals surface area contributed by atoms with Crippen LogP contribution in [-0.2, 0) is 39.2 Å². The Morgan fingerprint density at radius 3 is 2.00 bits per heavy atom. The molecule has 8 nitrogen and oxygen atoms in total. The van der Waals surface area contributed by atoms with Gasteiger partial charge in [0.2, 0.25) is 21.8 Å². The second kappa shape index (κ2) is 16.4. The maximum Gasteiger partial charge on any atom is 0.244 e. The van der Waals surface area contributed by atoms with Gasteiger partial charge in [-0.15, -0.1) is 0 Å². The van der Waals surface area contributed by atoms with Gasteiger partial charge >= 0.3 is 0 Å². The molecule has 0 spiro atoms. The van der Waals surface area contributed by atoms with Crippen molar-refractivity contribution >= 4 is 50.7 Å². The fourth-order valence-electron chi connectivity index (χ4n) is 5.84. The molecule has 0 radical (unpaired) electrons. The zero-order valence-electron chi connectivity index (χ0n) is 26.7. The number of benzene rings is 4. The van der Waals surface area contributed by atoms with Gasteiger partial charge in [-0.25, -0.2) is 8.42 Å². The van der Waals surface area contributed by atoms with E-state index in [-0.39, 0.29) is 30.6 Å². The van der Waals surface area contributed by atoms with Gasteiger partial charge in [0.05, 0.1) is 11.9 Å². The topological polar surface area (TPSA) is 96.0 Å². The SMILES string of the molecule is CS(=O)(=O)N(CC(=O)N(Cc1c(Cl)cccc1Cl)C(Cc1ccccc1)C(=O)NC1CCCC1)c1ccc(OCc2ccccc2)cc1. The molecule has 1 aliphatic carbocycles. The minimum Gasteiger partial charge on any atom is -0.489 e. The number of halogens is 2. The molecule has 4 aromatic carbocycles. The van der Waals surface area contributed by atoms with Crippen molar-refractivity contribution in [2.45, 2.75) is 57.3 Å². The van der Waals surface area contributed by atoms with Gasteiger partial charge in [-0.1, -0.05) is 103 Å². The fourth-order valence-corrected chi connectivity index (χ4v) is 7.21. The molecule has 1 aliphatic rings. The third-order valence-corrected chi connectivity index (χ3v) is 10.3. The summed E-state index contributed by atoms with van der Waals surface area (Å²) in [6.07, 6.45) is 5.02. The molecule has 0 bridgehead atoms. The van der Waals surface area contributed by atoms with Crippen LogP contribution in [0.1, 0.15) is 42.4 Å². The van der Waals surface area contributed by atoms with Crippen LogP contribution in [0.5, 0.6) is 5.75 Å². The number of carbonyl (C=O) groups excluding carboxylic acids is 2. The largest absolute Gasteiger partial charge is 0.489 e. The van der Waals surface area contributed by atoms with Gasteiger partial charge in [0.25, 0.3) is 0 Å². The van der Waals surface area contributed by atoms with Crippen LogP contribution in [0.2, 0.25) is 10.0 Å². The second-order valence-electron chi connectivity index (χ2n) is 12.0. The molecule has 0 aromatic heterocycles. The van der Waals surface area contributed by atoms with Gasteiger partial charge in [-0.2, -0.15) is 0 Å². The summed E-state index contributed by atoms with van der Waals surface area (Å²) in [6.45, 7) is -0.302. The van der Waals surface area contributed by atoms with E-state index in [9.17, 15) is 18.0 Å². The molecular weight excluding hydrogens is 669 g/mol. The highest BCUT2D eigenvalue weighted by Gasteiger charge is 2.35. The van der Waals surface area contributed by atoms with Crippen LogP contribution >= 0.6 is 23.2 Å². The van der Waals surface area contributed by atoms with Gasteiger partial charge in [0, 0.05) is 34.6 Å². The number of nitrogens with one attached hydrogen (secondary N) is 1. The van der Waals surface area contributed by atoms with E-state index in [0.29, 0.717) is 28.0 Å². The Balaban J connectivity index is 1.46. The third kappa shape index (κ3) is 9.52. The average Bonchev–Trinajstić information content (AvgIpc) is 3.59. The monoisotopic (exact) mass is 707 g/mol. The van der Waals surface area contributed by atoms with Gasteiger partial charge in [0.15, 0.2) is 0 Å². The zero-order chi connectivity index (χ0) is 34.1. The Morgan fingerprint density at radius 2 is 1.42 bits per heavy atom. The fraction of sp³-hybridized carbons (Fsp3) is 0.297. The summed E-state index contributed by atoms with van der Waals surface area (Å²) in [5, 5.41) is 3.82. The van der Waals surface area contributed by atoms with Crippen LogP contribution in [0.15, 0.2) is 103 Å². The zero-order valence-corrected chi connectivity index (χ0v) is 29.1. The molecule has 0 saturated heterocycles. The van der Waals surface area contributed by atoms with Gasteiger partial charge in [0.1, 0.15) is 24.9 Å². The molecule has 252 valence electrons. The van der Waals surface area contributed by atoms with E-state index in [0.717, 1.165) is 47.4 Å². The Kier molecular flexibility index (Phi) is 12.0. The van der Waals surface area contributed by atoms with E-state index in [1.54, 1.807) is 42.5 Å². The second-order valence-corrected chi connectivity index (χ2v) is 14.7. The molecule has 11 heteroatoms. The van der Waals surface area contributed by atoms with Crippen molar-refractivity contribution in [2.75, 3.05) is 17.1 Å². The van der Waals surface area contributed by atoms with Crippen molar-refractivity contribution in [1.29, 1.82) is 0 Å². The van der Waals surface area contributed by atoms with Crippen LogP contribution in [0.4, 0.5) is 5.69 Å². The number of rotatable bonds is 14. The van der Waals surface area contributed by atoms with Crippen molar-refractivity contribution in [3.05, 3.63) is 130 Å². The summed E-state index contributed by atoms with van der Waals surface area (Å²) < 4.78 is 33.3. The molecule has 0 aliphatic heterocycles. The van der Waals surface area contributed by atoms with Crippen molar-refractivity contribution in [3.8, 4) is 5.75 Å². The Hall–Kier alpha value is -4.05. The molecule has 1 fully saturated rings. The van der Waals surface area contributed by atoms with E-state index in [1.165, 1.54) is 4.90 Å². The first-order valence-corrected chi connectivity index (χ1v) is 18.5. The van der Waals surface area contributed by atoms with Crippen LogP contribution in [-0.4, -0.2) is 50.0 Å². The molecule has 1 N–H and O–H groups in total. The molecule has 1 unspecified atom stereocenters. The summed E-state index contributed by atoms with van der Waals surface area (Å²) in [5.74, 6) is -0.347. The minimum absolute atomic E-state index is 0.00627. The van der Waals surface area contributed by atoms with Gasteiger partial charge < -0.3 is 15.0 Å². The number of nitrogens with zero attached hydrogens (tertiary/aromatic N) is 2. The number of hydrogen-bond acceptors (Lipinski definition) is 5. The molecule has 0 heterocycles. The standard InChI is InChI=1S/C37H39Cl2N3O5S/c1-48(45,46)42(30-19-21-31(22-20-30)47-26-28-13-6-3-7-14-28)25-36(43)41(24-32-33(38)17-10-18-34(32)39)35(23-27-11-4-2-5-12-27)37(44)40-29-15-8-9-16-29/h2-7,10-14,17-22,29,35H,8-9,15-16,23-26H2,1H3,(H,40,44). The Labute approximate surface area is 292 Å². The normalized spacial score (nSPS) is 13.9. The lowest BCUT2D eigenvalue weighted by Gasteiger charge is -2.34. The summed E-state index contributed by atoms with van der Waals surface area (Å²) >= 11 is 13.1. The molecule has 5 rings (SSSR count). The van der Waals surface area contributed by atoms with Crippen LogP contribution in [0.25, 0.3) is 0 Å². The summed E-state index contributed by atoms with van der Waals surface area (Å²) in [7, 11) is -3.93. The van der Waals surface area contributed by atoms with Crippen LogP contribution in [0, 0.1) is 0 Å². The van der Waals surface area contributed by atoms with Crippen LogP contribution in [0.3, 0.4) is 0 Å².